The number of nitrogens with zero attached hydrogens (tertiary/aromatic N) is 4. The number of halogens is 1. The molecule has 0 radical (unpaired) electrons. The molecule has 0 bridgehead atoms. The van der Waals surface area contributed by atoms with Crippen LogP contribution >= 0.6 is 12.4 Å². The fourth-order valence-electron chi connectivity index (χ4n) is 3.51. The van der Waals surface area contributed by atoms with Crippen LogP contribution in [0.3, 0.4) is 0 Å². The SMILES string of the molecule is CCNC(=O)Nc1cc2c(-c3ccncc3)ccc(CNC(=O)OCc3cncn3C)c2cn1.Cl. The molecule has 3 aromatic heterocycles. The zero-order chi connectivity index (χ0) is 23.9. The largest absolute Gasteiger partial charge is 0.443 e. The second kappa shape index (κ2) is 11.8. The van der Waals surface area contributed by atoms with E-state index in [1.54, 1.807) is 35.7 Å². The van der Waals surface area contributed by atoms with Crippen LogP contribution in [0.1, 0.15) is 18.2 Å². The quantitative estimate of drug-likeness (QED) is 0.356. The molecule has 10 nitrogen and oxygen atoms in total. The van der Waals surface area contributed by atoms with Gasteiger partial charge in [0.15, 0.2) is 0 Å². The molecule has 0 atom stereocenters. The third kappa shape index (κ3) is 6.24. The maximum absolute atomic E-state index is 12.2. The van der Waals surface area contributed by atoms with Gasteiger partial charge in [0.05, 0.1) is 18.2 Å². The number of anilines is 1. The van der Waals surface area contributed by atoms with Crippen LogP contribution in [0.4, 0.5) is 15.4 Å². The van der Waals surface area contributed by atoms with Crippen molar-refractivity contribution in [1.29, 1.82) is 0 Å². The molecule has 11 heteroatoms. The van der Waals surface area contributed by atoms with E-state index in [0.29, 0.717) is 12.4 Å². The van der Waals surface area contributed by atoms with Crippen molar-refractivity contribution in [1.82, 2.24) is 30.2 Å². The number of urea groups is 1. The van der Waals surface area contributed by atoms with Gasteiger partial charge in [-0.15, -0.1) is 12.4 Å². The first-order valence-electron chi connectivity index (χ1n) is 10.8. The van der Waals surface area contributed by atoms with E-state index in [2.05, 4.69) is 30.9 Å². The van der Waals surface area contributed by atoms with Crippen LogP contribution < -0.4 is 16.0 Å². The summed E-state index contributed by atoms with van der Waals surface area (Å²) in [6.45, 7) is 2.73. The first-order valence-corrected chi connectivity index (χ1v) is 10.8. The third-order valence-electron chi connectivity index (χ3n) is 5.25. The van der Waals surface area contributed by atoms with Crippen LogP contribution in [0.25, 0.3) is 21.9 Å². The van der Waals surface area contributed by atoms with Gasteiger partial charge in [-0.25, -0.2) is 19.6 Å². The number of hydrogen-bond donors (Lipinski definition) is 3. The highest BCUT2D eigenvalue weighted by Gasteiger charge is 2.13. The van der Waals surface area contributed by atoms with E-state index in [1.807, 2.05) is 44.3 Å². The highest BCUT2D eigenvalue weighted by molar-refractivity contribution is 6.00. The smallest absolute Gasteiger partial charge is 0.407 e. The molecule has 0 saturated heterocycles. The minimum absolute atomic E-state index is 0. The van der Waals surface area contributed by atoms with Crippen molar-refractivity contribution in [3.05, 3.63) is 72.7 Å². The van der Waals surface area contributed by atoms with Crippen molar-refractivity contribution in [2.75, 3.05) is 11.9 Å². The molecule has 3 heterocycles. The van der Waals surface area contributed by atoms with Gasteiger partial charge in [0.2, 0.25) is 0 Å². The van der Waals surface area contributed by atoms with Crippen LogP contribution in [0.5, 0.6) is 0 Å². The molecule has 3 amide bonds. The predicted octanol–water partition coefficient (Wildman–Crippen LogP) is 4.02. The number of alkyl carbamates (subject to hydrolysis) is 1. The van der Waals surface area contributed by atoms with E-state index in [1.165, 1.54) is 0 Å². The molecule has 3 N–H and O–H groups in total. The highest BCUT2D eigenvalue weighted by Crippen LogP contribution is 2.31. The van der Waals surface area contributed by atoms with Crippen LogP contribution in [-0.4, -0.2) is 38.2 Å². The summed E-state index contributed by atoms with van der Waals surface area (Å²) in [6, 6.07) is 9.25. The molecule has 0 saturated carbocycles. The second-order valence-electron chi connectivity index (χ2n) is 7.53. The van der Waals surface area contributed by atoms with Crippen molar-refractivity contribution in [2.24, 2.45) is 7.05 Å². The van der Waals surface area contributed by atoms with E-state index in [4.69, 9.17) is 4.74 Å². The Morgan fingerprint density at radius 2 is 1.83 bits per heavy atom. The Balaban J connectivity index is 0.00000342. The summed E-state index contributed by atoms with van der Waals surface area (Å²) < 4.78 is 7.08. The normalized spacial score (nSPS) is 10.3. The van der Waals surface area contributed by atoms with Crippen molar-refractivity contribution in [2.45, 2.75) is 20.1 Å². The zero-order valence-corrected chi connectivity index (χ0v) is 20.1. The number of amides is 3. The van der Waals surface area contributed by atoms with Crippen LogP contribution in [0, 0.1) is 0 Å². The fraction of sp³-hybridized carbons (Fsp3) is 0.208. The monoisotopic (exact) mass is 495 g/mol. The van der Waals surface area contributed by atoms with E-state index in [0.717, 1.165) is 33.2 Å². The van der Waals surface area contributed by atoms with Gasteiger partial charge in [-0.05, 0) is 47.2 Å². The lowest BCUT2D eigenvalue weighted by molar-refractivity contribution is 0.137. The molecule has 0 aliphatic rings. The zero-order valence-electron chi connectivity index (χ0n) is 19.3. The van der Waals surface area contributed by atoms with Crippen LogP contribution in [-0.2, 0) is 24.9 Å². The Hall–Kier alpha value is -4.18. The topological polar surface area (TPSA) is 123 Å². The van der Waals surface area contributed by atoms with Crippen molar-refractivity contribution >= 4 is 41.1 Å². The second-order valence-corrected chi connectivity index (χ2v) is 7.53. The van der Waals surface area contributed by atoms with Gasteiger partial charge in [-0.2, -0.15) is 0 Å². The lowest BCUT2D eigenvalue weighted by atomic mass is 9.96. The molecule has 35 heavy (non-hydrogen) atoms. The van der Waals surface area contributed by atoms with E-state index < -0.39 is 6.09 Å². The van der Waals surface area contributed by atoms with Crippen LogP contribution in [0.15, 0.2) is 61.4 Å². The average Bonchev–Trinajstić information content (AvgIpc) is 3.26. The number of fused-ring (bicyclic) bond motifs is 1. The minimum Gasteiger partial charge on any atom is -0.443 e. The molecule has 0 fully saturated rings. The number of ether oxygens (including phenoxy) is 1. The van der Waals surface area contributed by atoms with Crippen molar-refractivity contribution in [3.63, 3.8) is 0 Å². The van der Waals surface area contributed by atoms with Gasteiger partial charge >= 0.3 is 12.1 Å². The lowest BCUT2D eigenvalue weighted by Gasteiger charge is -2.14. The first-order chi connectivity index (χ1) is 16.5. The average molecular weight is 496 g/mol. The van der Waals surface area contributed by atoms with Gasteiger partial charge in [-0.1, -0.05) is 12.1 Å². The Morgan fingerprint density at radius 3 is 2.54 bits per heavy atom. The highest BCUT2D eigenvalue weighted by atomic mass is 35.5. The number of imidazole rings is 1. The molecule has 4 rings (SSSR count). The van der Waals surface area contributed by atoms with E-state index in [9.17, 15) is 9.59 Å². The number of carbonyl (C=O) groups excluding carboxylic acids is 2. The Morgan fingerprint density at radius 1 is 1.03 bits per heavy atom. The molecule has 4 aromatic rings. The number of rotatable bonds is 7. The van der Waals surface area contributed by atoms with Gasteiger partial charge in [-0.3, -0.25) is 10.3 Å². The maximum atomic E-state index is 12.2. The Kier molecular flexibility index (Phi) is 8.58. The summed E-state index contributed by atoms with van der Waals surface area (Å²) in [5, 5.41) is 9.96. The van der Waals surface area contributed by atoms with Gasteiger partial charge < -0.3 is 19.9 Å². The van der Waals surface area contributed by atoms with Gasteiger partial charge in [0, 0.05) is 44.1 Å². The number of carbonyl (C=O) groups is 2. The number of hydrogen-bond acceptors (Lipinski definition) is 6. The number of aromatic nitrogens is 4. The summed E-state index contributed by atoms with van der Waals surface area (Å²) in [5.74, 6) is 0.425. The Labute approximate surface area is 208 Å². The fourth-order valence-corrected chi connectivity index (χ4v) is 3.51. The number of aryl methyl sites for hydroxylation is 1. The standard InChI is InChI=1S/C24H25N7O3.ClH/c1-3-27-23(32)30-22-10-20-19(16-6-8-25-9-7-16)5-4-17(21(20)13-28-22)11-29-24(33)34-14-18-12-26-15-31(18)2;/h4-10,12-13,15H,3,11,14H2,1-2H3,(H,29,33)(H2,27,28,30,32);1H. The van der Waals surface area contributed by atoms with Gasteiger partial charge in [0.1, 0.15) is 12.4 Å². The van der Waals surface area contributed by atoms with Crippen molar-refractivity contribution < 1.29 is 14.3 Å². The Bertz CT molecular complexity index is 1310. The molecule has 0 unspecified atom stereocenters. The molecule has 1 aromatic carbocycles. The molecular weight excluding hydrogens is 470 g/mol. The number of nitrogens with one attached hydrogen (secondary N) is 3. The summed E-state index contributed by atoms with van der Waals surface area (Å²) in [6.07, 6.45) is 7.91. The number of benzene rings is 1. The van der Waals surface area contributed by atoms with E-state index >= 15 is 0 Å². The molecular formula is C24H26ClN7O3. The lowest BCUT2D eigenvalue weighted by Crippen LogP contribution is -2.28. The maximum Gasteiger partial charge on any atom is 0.407 e. The summed E-state index contributed by atoms with van der Waals surface area (Å²) in [4.78, 5) is 36.7. The predicted molar refractivity (Wildman–Crippen MR) is 135 cm³/mol. The summed E-state index contributed by atoms with van der Waals surface area (Å²) in [5.41, 5.74) is 3.59. The number of pyridine rings is 2. The third-order valence-corrected chi connectivity index (χ3v) is 5.25. The first kappa shape index (κ1) is 25.4. The van der Waals surface area contributed by atoms with Gasteiger partial charge in [0.25, 0.3) is 0 Å². The van der Waals surface area contributed by atoms with Crippen LogP contribution in [0.2, 0.25) is 0 Å². The van der Waals surface area contributed by atoms with Crippen molar-refractivity contribution in [3.8, 4) is 11.1 Å². The summed E-state index contributed by atoms with van der Waals surface area (Å²) in [7, 11) is 1.84. The molecule has 0 spiro atoms. The minimum atomic E-state index is -0.532. The molecule has 0 aliphatic heterocycles. The van der Waals surface area contributed by atoms with E-state index in [-0.39, 0.29) is 31.6 Å². The molecule has 0 aliphatic carbocycles. The summed E-state index contributed by atoms with van der Waals surface area (Å²) >= 11 is 0. The molecule has 182 valence electrons.